The third-order valence-electron chi connectivity index (χ3n) is 5.89. The van der Waals surface area contributed by atoms with E-state index in [-0.39, 0.29) is 24.0 Å². The fourth-order valence-electron chi connectivity index (χ4n) is 4.12. The van der Waals surface area contributed by atoms with Crippen LogP contribution in [0.1, 0.15) is 33.6 Å². The molecule has 1 fully saturated rings. The molecule has 13 nitrogen and oxygen atoms in total. The van der Waals surface area contributed by atoms with Crippen LogP contribution < -0.4 is 16.4 Å². The summed E-state index contributed by atoms with van der Waals surface area (Å²) in [6, 6.07) is 3.92. The van der Waals surface area contributed by atoms with Crippen LogP contribution in [0.4, 0.5) is 11.4 Å². The van der Waals surface area contributed by atoms with E-state index < -0.39 is 29.7 Å². The Morgan fingerprint density at radius 2 is 1.73 bits per heavy atom. The van der Waals surface area contributed by atoms with Gasteiger partial charge in [0, 0.05) is 24.8 Å². The number of nitrogens with two attached hydrogens (primary N) is 1. The molecule has 0 bridgehead atoms. The first kappa shape index (κ1) is 26.3. The number of aromatic nitrogens is 2. The first-order chi connectivity index (χ1) is 18.0. The molecule has 37 heavy (non-hydrogen) atoms. The lowest BCUT2D eigenvalue weighted by molar-refractivity contribution is -0.136. The SMILES string of the molecule is Nc1cnn(CCOCCOCCOCCNc2cccc3c2C(=O)N(C2CCC(=O)NC2=O)C3=O)c1. The largest absolute Gasteiger partial charge is 0.396 e. The van der Waals surface area contributed by atoms with Gasteiger partial charge in [0.05, 0.1) is 69.2 Å². The lowest BCUT2D eigenvalue weighted by atomic mass is 10.0. The number of benzene rings is 1. The maximum absolute atomic E-state index is 13.1. The van der Waals surface area contributed by atoms with Gasteiger partial charge in [-0.2, -0.15) is 5.10 Å². The molecule has 0 radical (unpaired) electrons. The van der Waals surface area contributed by atoms with Gasteiger partial charge in [0.1, 0.15) is 6.04 Å². The zero-order chi connectivity index (χ0) is 26.2. The number of nitrogens with zero attached hydrogens (tertiary/aromatic N) is 3. The van der Waals surface area contributed by atoms with Crippen molar-refractivity contribution < 1.29 is 33.4 Å². The average molecular weight is 515 g/mol. The Morgan fingerprint density at radius 1 is 1.00 bits per heavy atom. The van der Waals surface area contributed by atoms with Crippen molar-refractivity contribution in [2.75, 3.05) is 57.2 Å². The fourth-order valence-corrected chi connectivity index (χ4v) is 4.12. The number of fused-ring (bicyclic) bond motifs is 1. The van der Waals surface area contributed by atoms with Crippen LogP contribution in [0.2, 0.25) is 0 Å². The van der Waals surface area contributed by atoms with E-state index in [1.807, 2.05) is 0 Å². The summed E-state index contributed by atoms with van der Waals surface area (Å²) in [4.78, 5) is 50.5. The summed E-state index contributed by atoms with van der Waals surface area (Å²) in [5.74, 6) is -2.14. The first-order valence-corrected chi connectivity index (χ1v) is 12.1. The topological polar surface area (TPSA) is 167 Å². The zero-order valence-electron chi connectivity index (χ0n) is 20.3. The number of hydrogen-bond donors (Lipinski definition) is 3. The molecule has 1 aromatic heterocycles. The van der Waals surface area contributed by atoms with Crippen LogP contribution >= 0.6 is 0 Å². The standard InChI is InChI=1S/C24H30N6O7/c25-16-14-27-29(15-16)7-9-36-11-13-37-12-10-35-8-6-26-18-3-1-2-17-21(18)24(34)30(23(17)33)19-4-5-20(31)28-22(19)32/h1-3,14-15,19,26H,4-13,25H2,(H,28,31,32). The Labute approximate surface area is 213 Å². The monoisotopic (exact) mass is 514 g/mol. The molecule has 2 aliphatic heterocycles. The summed E-state index contributed by atoms with van der Waals surface area (Å²) in [6.45, 7) is 3.59. The molecule has 4 N–H and O–H groups in total. The Balaban J connectivity index is 1.12. The van der Waals surface area contributed by atoms with Gasteiger partial charge in [0.15, 0.2) is 0 Å². The number of ether oxygens (including phenoxy) is 3. The number of carbonyl (C=O) groups is 4. The number of nitrogen functional groups attached to an aromatic ring is 1. The first-order valence-electron chi connectivity index (χ1n) is 12.1. The number of imide groups is 2. The molecule has 1 unspecified atom stereocenters. The van der Waals surface area contributed by atoms with Gasteiger partial charge in [-0.1, -0.05) is 6.07 Å². The summed E-state index contributed by atoms with van der Waals surface area (Å²) >= 11 is 0. The lowest BCUT2D eigenvalue weighted by Crippen LogP contribution is -2.54. The Bertz CT molecular complexity index is 1150. The van der Waals surface area contributed by atoms with Crippen molar-refractivity contribution in [3.8, 4) is 0 Å². The summed E-state index contributed by atoms with van der Waals surface area (Å²) in [5, 5.41) is 9.38. The molecule has 4 rings (SSSR count). The van der Waals surface area contributed by atoms with Gasteiger partial charge in [-0.15, -0.1) is 0 Å². The lowest BCUT2D eigenvalue weighted by Gasteiger charge is -2.27. The minimum atomic E-state index is -0.998. The van der Waals surface area contributed by atoms with Crippen molar-refractivity contribution >= 4 is 35.0 Å². The highest BCUT2D eigenvalue weighted by molar-refractivity contribution is 6.25. The number of rotatable bonds is 14. The molecule has 3 heterocycles. The minimum absolute atomic E-state index is 0.0744. The normalized spacial score (nSPS) is 17.3. The van der Waals surface area contributed by atoms with Gasteiger partial charge in [0.2, 0.25) is 11.8 Å². The third-order valence-corrected chi connectivity index (χ3v) is 5.89. The van der Waals surface area contributed by atoms with Crippen LogP contribution in [0.5, 0.6) is 0 Å². The second kappa shape index (κ2) is 12.4. The van der Waals surface area contributed by atoms with Crippen molar-refractivity contribution in [3.63, 3.8) is 0 Å². The van der Waals surface area contributed by atoms with Gasteiger partial charge in [-0.05, 0) is 18.6 Å². The maximum atomic E-state index is 13.1. The Morgan fingerprint density at radius 3 is 2.43 bits per heavy atom. The van der Waals surface area contributed by atoms with Gasteiger partial charge in [-0.3, -0.25) is 34.1 Å². The molecule has 2 aromatic rings. The average Bonchev–Trinajstić information content (AvgIpc) is 3.40. The molecule has 1 saturated heterocycles. The van der Waals surface area contributed by atoms with E-state index >= 15 is 0 Å². The Hall–Kier alpha value is -3.81. The highest BCUT2D eigenvalue weighted by atomic mass is 16.5. The van der Waals surface area contributed by atoms with E-state index in [1.165, 1.54) is 0 Å². The maximum Gasteiger partial charge on any atom is 0.264 e. The molecule has 0 spiro atoms. The van der Waals surface area contributed by atoms with E-state index in [0.29, 0.717) is 64.1 Å². The number of nitrogens with one attached hydrogen (secondary N) is 2. The summed E-state index contributed by atoms with van der Waals surface area (Å²) in [7, 11) is 0. The van der Waals surface area contributed by atoms with Gasteiger partial charge in [-0.25, -0.2) is 0 Å². The summed E-state index contributed by atoms with van der Waals surface area (Å²) in [6.07, 6.45) is 3.51. The van der Waals surface area contributed by atoms with E-state index in [0.717, 1.165) is 4.90 Å². The zero-order valence-corrected chi connectivity index (χ0v) is 20.3. The van der Waals surface area contributed by atoms with Crippen LogP contribution in [0, 0.1) is 0 Å². The highest BCUT2D eigenvalue weighted by Gasteiger charge is 2.45. The molecule has 0 aliphatic carbocycles. The third kappa shape index (κ3) is 6.50. The molecule has 13 heteroatoms. The summed E-state index contributed by atoms with van der Waals surface area (Å²) < 4.78 is 18.2. The molecular weight excluding hydrogens is 484 g/mol. The highest BCUT2D eigenvalue weighted by Crippen LogP contribution is 2.32. The van der Waals surface area contributed by atoms with Crippen LogP contribution in [0.15, 0.2) is 30.6 Å². The molecule has 2 aliphatic rings. The van der Waals surface area contributed by atoms with Gasteiger partial charge >= 0.3 is 0 Å². The van der Waals surface area contributed by atoms with Crippen LogP contribution in [0.3, 0.4) is 0 Å². The number of piperidine rings is 1. The molecule has 1 atom stereocenters. The van der Waals surface area contributed by atoms with Crippen molar-refractivity contribution in [1.82, 2.24) is 20.0 Å². The molecule has 0 saturated carbocycles. The van der Waals surface area contributed by atoms with Crippen LogP contribution in [-0.2, 0) is 30.3 Å². The van der Waals surface area contributed by atoms with E-state index in [2.05, 4.69) is 15.7 Å². The van der Waals surface area contributed by atoms with Gasteiger partial charge < -0.3 is 25.3 Å². The molecule has 1 aromatic carbocycles. The van der Waals surface area contributed by atoms with E-state index in [1.54, 1.807) is 35.3 Å². The van der Waals surface area contributed by atoms with Crippen LogP contribution in [0.25, 0.3) is 0 Å². The van der Waals surface area contributed by atoms with Crippen molar-refractivity contribution in [1.29, 1.82) is 0 Å². The van der Waals surface area contributed by atoms with Crippen molar-refractivity contribution in [2.24, 2.45) is 0 Å². The predicted molar refractivity (Wildman–Crippen MR) is 131 cm³/mol. The van der Waals surface area contributed by atoms with E-state index in [9.17, 15) is 19.2 Å². The van der Waals surface area contributed by atoms with Gasteiger partial charge in [0.25, 0.3) is 11.8 Å². The Kier molecular flexibility index (Phi) is 8.82. The van der Waals surface area contributed by atoms with Crippen LogP contribution in [-0.4, -0.2) is 90.5 Å². The smallest absolute Gasteiger partial charge is 0.264 e. The number of anilines is 2. The molecular formula is C24H30N6O7. The number of hydrogen-bond acceptors (Lipinski definition) is 10. The quantitative estimate of drug-likeness (QED) is 0.231. The number of amides is 4. The van der Waals surface area contributed by atoms with E-state index in [4.69, 9.17) is 19.9 Å². The predicted octanol–water partition coefficient (Wildman–Crippen LogP) is 0.0284. The molecule has 198 valence electrons. The second-order valence-corrected chi connectivity index (χ2v) is 8.48. The summed E-state index contributed by atoms with van der Waals surface area (Å²) in [5.41, 5.74) is 7.15. The minimum Gasteiger partial charge on any atom is -0.396 e. The second-order valence-electron chi connectivity index (χ2n) is 8.48. The van der Waals surface area contributed by atoms with Crippen molar-refractivity contribution in [3.05, 3.63) is 41.7 Å². The number of carbonyl (C=O) groups excluding carboxylic acids is 4. The fraction of sp³-hybridized carbons (Fsp3) is 0.458. The van der Waals surface area contributed by atoms with Crippen molar-refractivity contribution in [2.45, 2.75) is 25.4 Å². The molecule has 4 amide bonds.